The van der Waals surface area contributed by atoms with Gasteiger partial charge < -0.3 is 20.4 Å². The summed E-state index contributed by atoms with van der Waals surface area (Å²) in [5, 5.41) is 6.95. The van der Waals surface area contributed by atoms with Crippen LogP contribution in [0.3, 0.4) is 0 Å². The van der Waals surface area contributed by atoms with Crippen LogP contribution in [0.2, 0.25) is 0 Å². The van der Waals surface area contributed by atoms with Crippen LogP contribution in [-0.2, 0) is 6.54 Å². The molecule has 0 fully saturated rings. The summed E-state index contributed by atoms with van der Waals surface area (Å²) in [4.78, 5) is 8.97. The van der Waals surface area contributed by atoms with E-state index in [2.05, 4.69) is 85.4 Å². The molecule has 1 unspecified atom stereocenters. The van der Waals surface area contributed by atoms with Crippen LogP contribution in [0.4, 0.5) is 5.69 Å². The van der Waals surface area contributed by atoms with Crippen molar-refractivity contribution in [3.63, 3.8) is 0 Å². The zero-order chi connectivity index (χ0) is 19.5. The van der Waals surface area contributed by atoms with Gasteiger partial charge in [-0.3, -0.25) is 4.99 Å². The molecule has 0 heterocycles. The molecular weight excluding hydrogens is 449 g/mol. The van der Waals surface area contributed by atoms with Gasteiger partial charge in [0.2, 0.25) is 0 Å². The highest BCUT2D eigenvalue weighted by Gasteiger charge is 2.08. The first-order valence-electron chi connectivity index (χ1n) is 9.87. The monoisotopic (exact) mass is 489 g/mol. The number of rotatable bonds is 10. The molecule has 0 spiro atoms. The van der Waals surface area contributed by atoms with Crippen LogP contribution in [0.5, 0.6) is 0 Å². The highest BCUT2D eigenvalue weighted by atomic mass is 127. The number of aryl methyl sites for hydroxylation is 1. The first-order valence-corrected chi connectivity index (χ1v) is 9.87. The predicted molar refractivity (Wildman–Crippen MR) is 131 cm³/mol. The third-order valence-electron chi connectivity index (χ3n) is 4.90. The lowest BCUT2D eigenvalue weighted by Gasteiger charge is -2.21. The van der Waals surface area contributed by atoms with Gasteiger partial charge in [0.05, 0.1) is 0 Å². The minimum Gasteiger partial charge on any atom is -0.378 e. The Hall–Kier alpha value is -1.02. The van der Waals surface area contributed by atoms with Crippen molar-refractivity contribution in [2.24, 2.45) is 4.99 Å². The molecule has 0 aliphatic carbocycles. The summed E-state index contributed by atoms with van der Waals surface area (Å²) < 4.78 is 0. The number of hydrogen-bond acceptors (Lipinski definition) is 3. The van der Waals surface area contributed by atoms with Gasteiger partial charge in [-0.15, -0.1) is 24.0 Å². The molecule has 1 aromatic carbocycles. The molecule has 0 aliphatic heterocycles. The van der Waals surface area contributed by atoms with E-state index in [4.69, 9.17) is 0 Å². The minimum absolute atomic E-state index is 0. The lowest BCUT2D eigenvalue weighted by molar-refractivity contribution is 0.292. The molecule has 0 bridgehead atoms. The zero-order valence-electron chi connectivity index (χ0n) is 18.3. The van der Waals surface area contributed by atoms with Crippen LogP contribution < -0.4 is 15.5 Å². The van der Waals surface area contributed by atoms with Crippen molar-refractivity contribution in [1.29, 1.82) is 0 Å². The van der Waals surface area contributed by atoms with Gasteiger partial charge in [0.1, 0.15) is 0 Å². The molecular formula is C21H40IN5. The molecule has 0 amide bonds. The van der Waals surface area contributed by atoms with Crippen molar-refractivity contribution < 1.29 is 0 Å². The summed E-state index contributed by atoms with van der Waals surface area (Å²) in [6.07, 6.45) is 2.35. The molecule has 0 saturated carbocycles. The summed E-state index contributed by atoms with van der Waals surface area (Å²) in [7, 11) is 5.97. The molecule has 1 aromatic rings. The van der Waals surface area contributed by atoms with E-state index in [9.17, 15) is 0 Å². The zero-order valence-corrected chi connectivity index (χ0v) is 20.6. The molecule has 6 heteroatoms. The second-order valence-corrected chi connectivity index (χ2v) is 7.15. The third kappa shape index (κ3) is 9.65. The van der Waals surface area contributed by atoms with Crippen LogP contribution in [0.15, 0.2) is 23.2 Å². The molecule has 0 aliphatic rings. The number of aliphatic imine (C=N–C) groups is 1. The molecule has 27 heavy (non-hydrogen) atoms. The lowest BCUT2D eigenvalue weighted by Crippen LogP contribution is -2.42. The van der Waals surface area contributed by atoms with E-state index in [0.717, 1.165) is 32.0 Å². The smallest absolute Gasteiger partial charge is 0.191 e. The lowest BCUT2D eigenvalue weighted by atomic mass is 10.1. The van der Waals surface area contributed by atoms with E-state index in [1.165, 1.54) is 29.8 Å². The first kappa shape index (κ1) is 26.0. The summed E-state index contributed by atoms with van der Waals surface area (Å²) in [6.45, 7) is 13.1. The maximum atomic E-state index is 4.37. The van der Waals surface area contributed by atoms with Gasteiger partial charge in [-0.2, -0.15) is 0 Å². The van der Waals surface area contributed by atoms with E-state index >= 15 is 0 Å². The van der Waals surface area contributed by atoms with Gasteiger partial charge in [0.25, 0.3) is 0 Å². The van der Waals surface area contributed by atoms with Crippen LogP contribution in [0.25, 0.3) is 0 Å². The van der Waals surface area contributed by atoms with Crippen LogP contribution in [0, 0.1) is 6.92 Å². The fourth-order valence-corrected chi connectivity index (χ4v) is 3.00. The Bertz CT molecular complexity index is 556. The van der Waals surface area contributed by atoms with Crippen LogP contribution in [0.1, 0.15) is 44.7 Å². The molecule has 0 radical (unpaired) electrons. The van der Waals surface area contributed by atoms with Gasteiger partial charge in [-0.1, -0.05) is 19.9 Å². The Morgan fingerprint density at radius 3 is 2.37 bits per heavy atom. The van der Waals surface area contributed by atoms with Crippen molar-refractivity contribution in [1.82, 2.24) is 15.5 Å². The van der Waals surface area contributed by atoms with Crippen molar-refractivity contribution in [3.8, 4) is 0 Å². The minimum atomic E-state index is 0. The number of hydrogen-bond donors (Lipinski definition) is 2. The third-order valence-corrected chi connectivity index (χ3v) is 4.90. The quantitative estimate of drug-likeness (QED) is 0.298. The summed E-state index contributed by atoms with van der Waals surface area (Å²) >= 11 is 0. The molecule has 5 nitrogen and oxygen atoms in total. The molecule has 1 rings (SSSR count). The molecule has 2 N–H and O–H groups in total. The summed E-state index contributed by atoms with van der Waals surface area (Å²) in [5.74, 6) is 0.872. The number of benzene rings is 1. The largest absolute Gasteiger partial charge is 0.378 e. The number of guanidine groups is 1. The molecule has 1 atom stereocenters. The second kappa shape index (κ2) is 14.0. The van der Waals surface area contributed by atoms with Crippen molar-refractivity contribution in [2.45, 2.75) is 53.1 Å². The fraction of sp³-hybridized carbons (Fsp3) is 0.667. The van der Waals surface area contributed by atoms with E-state index < -0.39 is 0 Å². The van der Waals surface area contributed by atoms with E-state index in [1.807, 2.05) is 7.05 Å². The van der Waals surface area contributed by atoms with Gasteiger partial charge in [0.15, 0.2) is 5.96 Å². The summed E-state index contributed by atoms with van der Waals surface area (Å²) in [5.41, 5.74) is 3.83. The Morgan fingerprint density at radius 2 is 1.85 bits per heavy atom. The van der Waals surface area contributed by atoms with E-state index in [0.29, 0.717) is 6.04 Å². The van der Waals surface area contributed by atoms with E-state index in [1.54, 1.807) is 0 Å². The van der Waals surface area contributed by atoms with Gasteiger partial charge >= 0.3 is 0 Å². The Labute approximate surface area is 184 Å². The summed E-state index contributed by atoms with van der Waals surface area (Å²) in [6, 6.07) is 6.99. The topological polar surface area (TPSA) is 42.9 Å². The average Bonchev–Trinajstić information content (AvgIpc) is 2.62. The highest BCUT2D eigenvalue weighted by Crippen LogP contribution is 2.17. The maximum absolute atomic E-state index is 4.37. The first-order chi connectivity index (χ1) is 12.4. The second-order valence-electron chi connectivity index (χ2n) is 7.15. The van der Waals surface area contributed by atoms with E-state index in [-0.39, 0.29) is 24.0 Å². The van der Waals surface area contributed by atoms with Gasteiger partial charge in [-0.25, -0.2) is 0 Å². The predicted octanol–water partition coefficient (Wildman–Crippen LogP) is 3.85. The number of anilines is 1. The van der Waals surface area contributed by atoms with Crippen LogP contribution in [-0.4, -0.2) is 57.7 Å². The number of halogens is 1. The maximum Gasteiger partial charge on any atom is 0.191 e. The SMILES string of the molecule is CCN(CC)CCCC(C)NC(=NC)NCc1ccc(N(C)C)cc1C.I. The number of nitrogens with zero attached hydrogens (tertiary/aromatic N) is 3. The van der Waals surface area contributed by atoms with Crippen molar-refractivity contribution in [2.75, 3.05) is 45.7 Å². The van der Waals surface area contributed by atoms with Crippen molar-refractivity contribution >= 4 is 35.6 Å². The van der Waals surface area contributed by atoms with Gasteiger partial charge in [-0.05, 0) is 69.6 Å². The Balaban J connectivity index is 0.00000676. The average molecular weight is 489 g/mol. The molecule has 0 saturated heterocycles. The van der Waals surface area contributed by atoms with Gasteiger partial charge in [0, 0.05) is 39.4 Å². The highest BCUT2D eigenvalue weighted by molar-refractivity contribution is 14.0. The Morgan fingerprint density at radius 1 is 1.19 bits per heavy atom. The Kier molecular flexibility index (Phi) is 13.5. The standard InChI is InChI=1S/C21H39N5.HI/c1-8-26(9-2)14-10-11-18(4)24-21(22-5)23-16-19-12-13-20(25(6)7)15-17(19)3;/h12-13,15,18H,8-11,14,16H2,1-7H3,(H2,22,23,24);1H. The molecule has 0 aromatic heterocycles. The molecule has 156 valence electrons. The normalized spacial score (nSPS) is 12.5. The number of nitrogens with one attached hydrogen (secondary N) is 2. The van der Waals surface area contributed by atoms with Crippen molar-refractivity contribution in [3.05, 3.63) is 29.3 Å². The fourth-order valence-electron chi connectivity index (χ4n) is 3.00. The van der Waals surface area contributed by atoms with Crippen LogP contribution >= 0.6 is 24.0 Å².